The predicted octanol–water partition coefficient (Wildman–Crippen LogP) is 1.31. The number of phenolic OH excluding ortho intramolecular Hbond substituents is 8. The lowest BCUT2D eigenvalue weighted by Crippen LogP contribution is -2.03. The van der Waals surface area contributed by atoms with Crippen molar-refractivity contribution in [2.45, 2.75) is 14.7 Å². The second-order valence-corrected chi connectivity index (χ2v) is 12.1. The van der Waals surface area contributed by atoms with E-state index in [-0.39, 0.29) is 34.2 Å². The molecule has 0 fully saturated rings. The summed E-state index contributed by atoms with van der Waals surface area (Å²) in [4.78, 5) is -2.90. The third kappa shape index (κ3) is 13.4. The van der Waals surface area contributed by atoms with Crippen LogP contribution in [-0.2, 0) is 30.4 Å². The summed E-state index contributed by atoms with van der Waals surface area (Å²) in [6, 6.07) is 15.4. The van der Waals surface area contributed by atoms with Crippen molar-refractivity contribution in [1.82, 2.24) is 0 Å². The van der Waals surface area contributed by atoms with E-state index in [9.17, 15) is 25.3 Å². The number of aromatic hydroxyl groups is 8. The second-order valence-electron chi connectivity index (χ2n) is 7.87. The van der Waals surface area contributed by atoms with Gasteiger partial charge in [-0.15, -0.1) is 0 Å². The molecule has 4 aromatic rings. The Morgan fingerprint density at radius 2 is 0.800 bits per heavy atom. The van der Waals surface area contributed by atoms with E-state index in [4.69, 9.17) is 54.5 Å². The van der Waals surface area contributed by atoms with Crippen LogP contribution >= 0.6 is 0 Å². The molecule has 0 radical (unpaired) electrons. The molecule has 0 heterocycles. The molecule has 18 nitrogen and oxygen atoms in total. The largest absolute Gasteiger partial charge is 0.508 e. The van der Waals surface area contributed by atoms with Crippen LogP contribution < -0.4 is 0 Å². The zero-order chi connectivity index (χ0) is 34.0. The number of rotatable bonds is 3. The minimum atomic E-state index is -4.92. The molecular weight excluding hydrogens is 672 g/mol. The summed E-state index contributed by atoms with van der Waals surface area (Å²) in [7, 11) is -14.2. The van der Waals surface area contributed by atoms with Crippen LogP contribution in [0.3, 0.4) is 0 Å². The fourth-order valence-electron chi connectivity index (χ4n) is 2.54. The first kappa shape index (κ1) is 40.0. The smallest absolute Gasteiger partial charge is 0.298 e. The lowest BCUT2D eigenvalue weighted by Gasteiger charge is -2.05. The number of hydrogen-bond donors (Lipinski definition) is 11. The van der Waals surface area contributed by atoms with Crippen LogP contribution in [0.15, 0.2) is 93.5 Å². The number of phenols is 8. The molecule has 13 N–H and O–H groups in total. The van der Waals surface area contributed by atoms with Crippen LogP contribution in [0.1, 0.15) is 0 Å². The first-order valence-electron chi connectivity index (χ1n) is 11.0. The number of hydrogen-bond acceptors (Lipinski definition) is 14. The summed E-state index contributed by atoms with van der Waals surface area (Å²) in [5, 5.41) is 70.4. The van der Waals surface area contributed by atoms with Gasteiger partial charge in [0.25, 0.3) is 30.4 Å². The van der Waals surface area contributed by atoms with Crippen molar-refractivity contribution in [2.75, 3.05) is 0 Å². The van der Waals surface area contributed by atoms with Crippen molar-refractivity contribution in [3.63, 3.8) is 0 Å². The van der Waals surface area contributed by atoms with Gasteiger partial charge in [-0.3, -0.25) is 13.7 Å². The summed E-state index contributed by atoms with van der Waals surface area (Å²) in [6.45, 7) is 0. The Labute approximate surface area is 254 Å². The number of benzene rings is 4. The van der Waals surface area contributed by atoms with Crippen LogP contribution in [-0.4, -0.2) is 85.2 Å². The summed E-state index contributed by atoms with van der Waals surface area (Å²) in [6.07, 6.45) is 0. The Morgan fingerprint density at radius 1 is 0.400 bits per heavy atom. The second kappa shape index (κ2) is 16.2. The molecule has 0 bridgehead atoms. The third-order valence-corrected chi connectivity index (χ3v) is 7.14. The first-order valence-corrected chi connectivity index (χ1v) is 15.3. The normalized spacial score (nSPS) is 10.7. The van der Waals surface area contributed by atoms with Gasteiger partial charge >= 0.3 is 0 Å². The average molecular weight is 699 g/mol. The van der Waals surface area contributed by atoms with Gasteiger partial charge in [-0.25, -0.2) is 0 Å². The van der Waals surface area contributed by atoms with Crippen molar-refractivity contribution >= 4 is 30.4 Å². The molecule has 0 aliphatic carbocycles. The van der Waals surface area contributed by atoms with Crippen molar-refractivity contribution in [3.05, 3.63) is 78.9 Å². The lowest BCUT2D eigenvalue weighted by atomic mass is 10.3. The van der Waals surface area contributed by atoms with E-state index in [0.29, 0.717) is 12.1 Å². The van der Waals surface area contributed by atoms with E-state index in [1.807, 2.05) is 0 Å². The molecule has 0 saturated carbocycles. The van der Waals surface area contributed by atoms with Gasteiger partial charge in [0, 0.05) is 12.1 Å². The topological polar surface area (TPSA) is 356 Å². The highest BCUT2D eigenvalue weighted by atomic mass is 32.2. The van der Waals surface area contributed by atoms with E-state index >= 15 is 0 Å². The summed E-state index contributed by atoms with van der Waals surface area (Å²) in [5.41, 5.74) is 0. The maximum atomic E-state index is 10.7. The van der Waals surface area contributed by atoms with Gasteiger partial charge in [0.2, 0.25) is 0 Å². The van der Waals surface area contributed by atoms with Gasteiger partial charge in [-0.2, -0.15) is 25.3 Å². The Morgan fingerprint density at radius 3 is 1.13 bits per heavy atom. The SMILES string of the molecule is O.O=S(=O)(O)c1cc(O)c(O)c(S(=O)(=O)O)c1.O=S(=O)(O)c1cc(O)ccc1O.Oc1ccc(O)cc1.Oc1ccccc1O. The molecule has 21 heteroatoms. The highest BCUT2D eigenvalue weighted by Gasteiger charge is 2.23. The fourth-order valence-corrected chi connectivity index (χ4v) is 4.37. The molecule has 0 aliphatic heterocycles. The van der Waals surface area contributed by atoms with E-state index in [1.54, 1.807) is 12.1 Å². The molecule has 0 aliphatic rings. The highest BCUT2D eigenvalue weighted by molar-refractivity contribution is 7.86. The third-order valence-electron chi connectivity index (χ3n) is 4.56. The van der Waals surface area contributed by atoms with Crippen molar-refractivity contribution < 1.29 is 85.2 Å². The Kier molecular flexibility index (Phi) is 14.4. The van der Waals surface area contributed by atoms with Gasteiger partial charge in [0.15, 0.2) is 23.0 Å². The monoisotopic (exact) mass is 698 g/mol. The molecule has 4 aromatic carbocycles. The maximum Gasteiger partial charge on any atom is 0.298 e. The molecule has 0 unspecified atom stereocenters. The molecular formula is C24H26O18S3. The van der Waals surface area contributed by atoms with Crippen molar-refractivity contribution in [2.24, 2.45) is 0 Å². The van der Waals surface area contributed by atoms with Gasteiger partial charge < -0.3 is 46.3 Å². The minimum absolute atomic E-state index is 0. The van der Waals surface area contributed by atoms with Crippen LogP contribution in [0.5, 0.6) is 46.0 Å². The van der Waals surface area contributed by atoms with Crippen LogP contribution in [0, 0.1) is 0 Å². The summed E-state index contributed by atoms with van der Waals surface area (Å²) >= 11 is 0. The highest BCUT2D eigenvalue weighted by Crippen LogP contribution is 2.35. The van der Waals surface area contributed by atoms with Gasteiger partial charge in [0.05, 0.1) is 4.90 Å². The van der Waals surface area contributed by atoms with Crippen LogP contribution in [0.4, 0.5) is 0 Å². The van der Waals surface area contributed by atoms with Crippen LogP contribution in [0.2, 0.25) is 0 Å². The van der Waals surface area contributed by atoms with E-state index in [1.165, 1.54) is 36.4 Å². The Balaban J connectivity index is 0.000000593. The summed E-state index contributed by atoms with van der Waals surface area (Å²) in [5.74, 6) is -3.08. The zero-order valence-corrected chi connectivity index (χ0v) is 24.5. The molecule has 248 valence electrons. The Hall–Kier alpha value is -5.03. The fraction of sp³-hybridized carbons (Fsp3) is 0. The van der Waals surface area contributed by atoms with Crippen LogP contribution in [0.25, 0.3) is 0 Å². The van der Waals surface area contributed by atoms with Gasteiger partial charge in [-0.05, 0) is 54.6 Å². The standard InChI is InChI=1S/C6H6O8S2.C6H6O5S.2C6H6O2.H2O/c7-4-1-3(15(9,10)11)2-5(6(4)8)16(12,13)14;7-4-1-2-5(8)6(3-4)12(9,10)11;7-5-1-2-6(8)4-3-5;7-5-3-1-2-4-6(5)8;/h1-2,7-8H,(H,9,10,11)(H,12,13,14);1-3,7-8H,(H,9,10,11);2*1-4,7-8H;1H2. The van der Waals surface area contributed by atoms with Gasteiger partial charge in [0.1, 0.15) is 32.8 Å². The molecule has 0 saturated heterocycles. The average Bonchev–Trinajstić information content (AvgIpc) is 2.90. The molecule has 0 atom stereocenters. The van der Waals surface area contributed by atoms with E-state index < -0.39 is 62.3 Å². The molecule has 4 rings (SSSR count). The van der Waals surface area contributed by atoms with Gasteiger partial charge in [-0.1, -0.05) is 12.1 Å². The van der Waals surface area contributed by atoms with E-state index in [2.05, 4.69) is 0 Å². The summed E-state index contributed by atoms with van der Waals surface area (Å²) < 4.78 is 89.4. The minimum Gasteiger partial charge on any atom is -0.508 e. The quantitative estimate of drug-likeness (QED) is 0.0815. The first-order chi connectivity index (χ1) is 20.0. The molecule has 0 aromatic heterocycles. The lowest BCUT2D eigenvalue weighted by molar-refractivity contribution is 0.386. The zero-order valence-electron chi connectivity index (χ0n) is 22.1. The molecule has 45 heavy (non-hydrogen) atoms. The maximum absolute atomic E-state index is 10.7. The van der Waals surface area contributed by atoms with Crippen molar-refractivity contribution in [1.29, 1.82) is 0 Å². The molecule has 0 spiro atoms. The predicted molar refractivity (Wildman–Crippen MR) is 152 cm³/mol. The Bertz CT molecular complexity index is 1860. The number of para-hydroxylation sites is 2. The van der Waals surface area contributed by atoms with Crippen molar-refractivity contribution in [3.8, 4) is 46.0 Å². The van der Waals surface area contributed by atoms with E-state index in [0.717, 1.165) is 18.2 Å². The molecule has 0 amide bonds.